The third-order valence-electron chi connectivity index (χ3n) is 2.77. The third kappa shape index (κ3) is 2.71. The Bertz CT molecular complexity index is 200. The van der Waals surface area contributed by atoms with E-state index in [1.165, 1.54) is 7.11 Å². The lowest BCUT2D eigenvalue weighted by Crippen LogP contribution is -2.43. The van der Waals surface area contributed by atoms with Gasteiger partial charge < -0.3 is 28.8 Å². The van der Waals surface area contributed by atoms with Gasteiger partial charge >= 0.3 is 0 Å². The summed E-state index contributed by atoms with van der Waals surface area (Å²) >= 11 is 0. The van der Waals surface area contributed by atoms with Crippen LogP contribution in [0.15, 0.2) is 0 Å². The van der Waals surface area contributed by atoms with Gasteiger partial charge in [0.2, 0.25) is 0 Å². The molecule has 6 nitrogen and oxygen atoms in total. The molecule has 0 aromatic rings. The van der Waals surface area contributed by atoms with E-state index in [1.54, 1.807) is 21.3 Å². The van der Waals surface area contributed by atoms with Gasteiger partial charge in [-0.1, -0.05) is 0 Å². The maximum atomic E-state index is 9.65. The summed E-state index contributed by atoms with van der Waals surface area (Å²) in [6.45, 7) is 0.365. The molecule has 1 rings (SSSR count). The zero-order valence-corrected chi connectivity index (χ0v) is 10.1. The molecular formula is C10H20O6. The molecule has 6 heteroatoms. The SMILES string of the molecule is COCC(OC)C1OC(O)C(OC)C1OC. The van der Waals surface area contributed by atoms with E-state index in [0.717, 1.165) is 0 Å². The van der Waals surface area contributed by atoms with Gasteiger partial charge in [-0.05, 0) is 0 Å². The third-order valence-corrected chi connectivity index (χ3v) is 2.77. The highest BCUT2D eigenvalue weighted by atomic mass is 16.7. The fraction of sp³-hybridized carbons (Fsp3) is 1.00. The van der Waals surface area contributed by atoms with E-state index in [-0.39, 0.29) is 12.2 Å². The van der Waals surface area contributed by atoms with Gasteiger partial charge in [-0.3, -0.25) is 0 Å². The van der Waals surface area contributed by atoms with Crippen molar-refractivity contribution in [3.8, 4) is 0 Å². The molecule has 1 aliphatic rings. The maximum Gasteiger partial charge on any atom is 0.184 e. The summed E-state index contributed by atoms with van der Waals surface area (Å²) < 4.78 is 26.1. The molecule has 0 radical (unpaired) electrons. The number of rotatable bonds is 6. The Labute approximate surface area is 95.4 Å². The summed E-state index contributed by atoms with van der Waals surface area (Å²) in [5, 5.41) is 9.65. The second-order valence-corrected chi connectivity index (χ2v) is 3.62. The van der Waals surface area contributed by atoms with Crippen molar-refractivity contribution in [3.05, 3.63) is 0 Å². The summed E-state index contributed by atoms with van der Waals surface area (Å²) in [6.07, 6.45) is -2.60. The molecule has 1 saturated heterocycles. The molecule has 0 aromatic carbocycles. The predicted molar refractivity (Wildman–Crippen MR) is 55.1 cm³/mol. The molecule has 0 aliphatic carbocycles. The number of hydrogen-bond acceptors (Lipinski definition) is 6. The van der Waals surface area contributed by atoms with Crippen LogP contribution in [0.5, 0.6) is 0 Å². The molecule has 96 valence electrons. The van der Waals surface area contributed by atoms with Crippen LogP contribution in [0, 0.1) is 0 Å². The van der Waals surface area contributed by atoms with Crippen molar-refractivity contribution in [3.63, 3.8) is 0 Å². The van der Waals surface area contributed by atoms with Crippen molar-refractivity contribution < 1.29 is 28.8 Å². The average Bonchev–Trinajstić information content (AvgIpc) is 2.61. The lowest BCUT2D eigenvalue weighted by molar-refractivity contribution is -0.160. The first kappa shape index (κ1) is 13.8. The zero-order chi connectivity index (χ0) is 12.1. The summed E-state index contributed by atoms with van der Waals surface area (Å²) in [6, 6.07) is 0. The normalized spacial score (nSPS) is 36.6. The quantitative estimate of drug-likeness (QED) is 0.664. The zero-order valence-electron chi connectivity index (χ0n) is 10.1. The predicted octanol–water partition coefficient (Wildman–Crippen LogP) is -0.605. The second kappa shape index (κ2) is 6.48. The molecule has 5 atom stereocenters. The fourth-order valence-corrected chi connectivity index (χ4v) is 1.94. The summed E-state index contributed by atoms with van der Waals surface area (Å²) in [5.74, 6) is 0. The first-order valence-corrected chi connectivity index (χ1v) is 5.10. The molecule has 0 aromatic heterocycles. The van der Waals surface area contributed by atoms with Crippen LogP contribution in [0.4, 0.5) is 0 Å². The summed E-state index contributed by atoms with van der Waals surface area (Å²) in [7, 11) is 6.19. The van der Waals surface area contributed by atoms with Crippen LogP contribution in [-0.4, -0.2) is 70.9 Å². The average molecular weight is 236 g/mol. The van der Waals surface area contributed by atoms with E-state index in [4.69, 9.17) is 23.7 Å². The Balaban J connectivity index is 2.71. The van der Waals surface area contributed by atoms with Crippen LogP contribution in [0.1, 0.15) is 0 Å². The standard InChI is InChI=1S/C10H20O6/c1-12-5-6(13-2)7-8(14-3)9(15-4)10(11)16-7/h6-11H,5H2,1-4H3. The molecule has 1 fully saturated rings. The number of methoxy groups -OCH3 is 4. The Morgan fingerprint density at radius 1 is 1.12 bits per heavy atom. The van der Waals surface area contributed by atoms with Crippen molar-refractivity contribution in [2.45, 2.75) is 30.7 Å². The second-order valence-electron chi connectivity index (χ2n) is 3.62. The topological polar surface area (TPSA) is 66.4 Å². The van der Waals surface area contributed by atoms with E-state index < -0.39 is 18.5 Å². The highest BCUT2D eigenvalue weighted by Gasteiger charge is 2.48. The van der Waals surface area contributed by atoms with Crippen LogP contribution >= 0.6 is 0 Å². The molecule has 5 unspecified atom stereocenters. The minimum atomic E-state index is -1.01. The van der Waals surface area contributed by atoms with Gasteiger partial charge in [0, 0.05) is 28.4 Å². The molecule has 0 amide bonds. The fourth-order valence-electron chi connectivity index (χ4n) is 1.94. The Hall–Kier alpha value is -0.240. The van der Waals surface area contributed by atoms with Crippen molar-refractivity contribution >= 4 is 0 Å². The lowest BCUT2D eigenvalue weighted by Gasteiger charge is -2.26. The molecular weight excluding hydrogens is 216 g/mol. The first-order valence-electron chi connectivity index (χ1n) is 5.10. The minimum Gasteiger partial charge on any atom is -0.382 e. The maximum absolute atomic E-state index is 9.65. The van der Waals surface area contributed by atoms with Gasteiger partial charge in [0.05, 0.1) is 6.61 Å². The van der Waals surface area contributed by atoms with Crippen molar-refractivity contribution in [2.24, 2.45) is 0 Å². The Morgan fingerprint density at radius 3 is 2.19 bits per heavy atom. The van der Waals surface area contributed by atoms with Crippen molar-refractivity contribution in [1.82, 2.24) is 0 Å². The van der Waals surface area contributed by atoms with E-state index >= 15 is 0 Å². The van der Waals surface area contributed by atoms with Crippen LogP contribution in [-0.2, 0) is 23.7 Å². The van der Waals surface area contributed by atoms with Crippen molar-refractivity contribution in [1.29, 1.82) is 0 Å². The van der Waals surface area contributed by atoms with E-state index in [2.05, 4.69) is 0 Å². The Kier molecular flexibility index (Phi) is 5.60. The molecule has 1 heterocycles. The van der Waals surface area contributed by atoms with Crippen LogP contribution < -0.4 is 0 Å². The van der Waals surface area contributed by atoms with Crippen LogP contribution in [0.2, 0.25) is 0 Å². The van der Waals surface area contributed by atoms with Gasteiger partial charge in [0.25, 0.3) is 0 Å². The van der Waals surface area contributed by atoms with Crippen LogP contribution in [0.25, 0.3) is 0 Å². The van der Waals surface area contributed by atoms with Crippen LogP contribution in [0.3, 0.4) is 0 Å². The molecule has 1 aliphatic heterocycles. The smallest absolute Gasteiger partial charge is 0.184 e. The number of aliphatic hydroxyl groups is 1. The first-order chi connectivity index (χ1) is 7.69. The van der Waals surface area contributed by atoms with E-state index in [0.29, 0.717) is 6.61 Å². The van der Waals surface area contributed by atoms with Gasteiger partial charge in [-0.2, -0.15) is 0 Å². The Morgan fingerprint density at radius 2 is 1.75 bits per heavy atom. The van der Waals surface area contributed by atoms with Gasteiger partial charge in [-0.15, -0.1) is 0 Å². The number of hydrogen-bond donors (Lipinski definition) is 1. The molecule has 1 N–H and O–H groups in total. The highest BCUT2D eigenvalue weighted by Crippen LogP contribution is 2.27. The van der Waals surface area contributed by atoms with Crippen molar-refractivity contribution in [2.75, 3.05) is 35.0 Å². The van der Waals surface area contributed by atoms with E-state index in [1.807, 2.05) is 0 Å². The molecule has 0 spiro atoms. The molecule has 0 bridgehead atoms. The lowest BCUT2D eigenvalue weighted by atomic mass is 10.1. The monoisotopic (exact) mass is 236 g/mol. The largest absolute Gasteiger partial charge is 0.382 e. The summed E-state index contributed by atoms with van der Waals surface area (Å²) in [5.41, 5.74) is 0. The summed E-state index contributed by atoms with van der Waals surface area (Å²) in [4.78, 5) is 0. The van der Waals surface area contributed by atoms with Gasteiger partial charge in [0.15, 0.2) is 6.29 Å². The number of aliphatic hydroxyl groups excluding tert-OH is 1. The molecule has 0 saturated carbocycles. The van der Waals surface area contributed by atoms with Gasteiger partial charge in [0.1, 0.15) is 24.4 Å². The van der Waals surface area contributed by atoms with Gasteiger partial charge in [-0.25, -0.2) is 0 Å². The van der Waals surface area contributed by atoms with E-state index in [9.17, 15) is 5.11 Å². The minimum absolute atomic E-state index is 0.301. The number of ether oxygens (including phenoxy) is 5. The highest BCUT2D eigenvalue weighted by molar-refractivity contribution is 4.92. The molecule has 16 heavy (non-hydrogen) atoms.